The SMILES string of the molecule is S=C(NCCN1CCCC1)NC12CC3CC(CC(C3)C1)C2. The van der Waals surface area contributed by atoms with E-state index >= 15 is 0 Å². The molecule has 118 valence electrons. The van der Waals surface area contributed by atoms with Crippen molar-refractivity contribution in [1.29, 1.82) is 0 Å². The Bertz CT molecular complexity index is 368. The zero-order valence-corrected chi connectivity index (χ0v) is 13.9. The average molecular weight is 308 g/mol. The van der Waals surface area contributed by atoms with E-state index in [9.17, 15) is 0 Å². The molecular weight excluding hydrogens is 278 g/mol. The van der Waals surface area contributed by atoms with Crippen molar-refractivity contribution in [1.82, 2.24) is 15.5 Å². The minimum Gasteiger partial charge on any atom is -0.361 e. The molecule has 4 aliphatic carbocycles. The highest BCUT2D eigenvalue weighted by molar-refractivity contribution is 7.80. The van der Waals surface area contributed by atoms with Crippen LogP contribution in [0.3, 0.4) is 0 Å². The number of rotatable bonds is 4. The Hall–Kier alpha value is -0.350. The van der Waals surface area contributed by atoms with Crippen LogP contribution in [0, 0.1) is 17.8 Å². The fourth-order valence-electron chi connectivity index (χ4n) is 5.88. The van der Waals surface area contributed by atoms with Gasteiger partial charge < -0.3 is 15.5 Å². The Labute approximate surface area is 134 Å². The number of nitrogens with zero attached hydrogens (tertiary/aromatic N) is 1. The van der Waals surface area contributed by atoms with Crippen molar-refractivity contribution in [2.24, 2.45) is 17.8 Å². The van der Waals surface area contributed by atoms with Gasteiger partial charge in [-0.3, -0.25) is 0 Å². The third-order valence-electron chi connectivity index (χ3n) is 6.33. The van der Waals surface area contributed by atoms with Gasteiger partial charge in [0, 0.05) is 18.6 Å². The van der Waals surface area contributed by atoms with Crippen LogP contribution in [0.25, 0.3) is 0 Å². The Balaban J connectivity index is 1.26. The van der Waals surface area contributed by atoms with Gasteiger partial charge in [0.25, 0.3) is 0 Å². The molecular formula is C17H29N3S. The fraction of sp³-hybridized carbons (Fsp3) is 0.941. The molecule has 5 rings (SSSR count). The summed E-state index contributed by atoms with van der Waals surface area (Å²) in [6.45, 7) is 4.69. The molecule has 0 aromatic carbocycles. The highest BCUT2D eigenvalue weighted by atomic mass is 32.1. The number of nitrogens with one attached hydrogen (secondary N) is 2. The molecule has 5 aliphatic rings. The molecule has 0 unspecified atom stereocenters. The van der Waals surface area contributed by atoms with Gasteiger partial charge in [-0.25, -0.2) is 0 Å². The second-order valence-corrected chi connectivity index (χ2v) is 8.54. The summed E-state index contributed by atoms with van der Waals surface area (Å²) >= 11 is 5.59. The first-order valence-corrected chi connectivity index (χ1v) is 9.40. The maximum absolute atomic E-state index is 5.59. The summed E-state index contributed by atoms with van der Waals surface area (Å²) in [5.41, 5.74) is 0.354. The van der Waals surface area contributed by atoms with Crippen molar-refractivity contribution in [3.05, 3.63) is 0 Å². The second-order valence-electron chi connectivity index (χ2n) is 8.13. The molecule has 4 bridgehead atoms. The Morgan fingerprint density at radius 1 is 1.00 bits per heavy atom. The minimum atomic E-state index is 0.354. The normalized spacial score (nSPS) is 41.4. The third kappa shape index (κ3) is 3.07. The van der Waals surface area contributed by atoms with Gasteiger partial charge in [-0.1, -0.05) is 0 Å². The van der Waals surface area contributed by atoms with Gasteiger partial charge in [-0.05, 0) is 94.4 Å². The highest BCUT2D eigenvalue weighted by Gasteiger charge is 2.51. The van der Waals surface area contributed by atoms with Gasteiger partial charge in [0.1, 0.15) is 0 Å². The molecule has 1 aliphatic heterocycles. The second kappa shape index (κ2) is 5.69. The number of likely N-dealkylation sites (tertiary alicyclic amines) is 1. The van der Waals surface area contributed by atoms with Gasteiger partial charge in [-0.2, -0.15) is 0 Å². The molecule has 0 amide bonds. The number of hydrogen-bond acceptors (Lipinski definition) is 2. The van der Waals surface area contributed by atoms with E-state index < -0.39 is 0 Å². The van der Waals surface area contributed by atoms with Crippen LogP contribution in [0.5, 0.6) is 0 Å². The maximum Gasteiger partial charge on any atom is 0.166 e. The lowest BCUT2D eigenvalue weighted by Gasteiger charge is -2.57. The lowest BCUT2D eigenvalue weighted by Crippen LogP contribution is -2.61. The molecule has 4 saturated carbocycles. The smallest absolute Gasteiger partial charge is 0.166 e. The van der Waals surface area contributed by atoms with E-state index in [0.717, 1.165) is 36.0 Å². The summed E-state index contributed by atoms with van der Waals surface area (Å²) in [7, 11) is 0. The van der Waals surface area contributed by atoms with Gasteiger partial charge in [0.2, 0.25) is 0 Å². The van der Waals surface area contributed by atoms with Crippen LogP contribution in [0.2, 0.25) is 0 Å². The standard InChI is InChI=1S/C17H29N3S/c21-16(18-3-6-20-4-1-2-5-20)19-17-10-13-7-14(11-17)9-15(8-13)12-17/h13-15H,1-12H2,(H2,18,19,21). The van der Waals surface area contributed by atoms with Crippen molar-refractivity contribution >= 4 is 17.3 Å². The predicted molar refractivity (Wildman–Crippen MR) is 90.3 cm³/mol. The summed E-state index contributed by atoms with van der Waals surface area (Å²) in [5.74, 6) is 2.95. The van der Waals surface area contributed by atoms with Crippen LogP contribution in [-0.4, -0.2) is 41.7 Å². The van der Waals surface area contributed by atoms with E-state index in [1.54, 1.807) is 0 Å². The van der Waals surface area contributed by atoms with E-state index in [2.05, 4.69) is 15.5 Å². The molecule has 21 heavy (non-hydrogen) atoms. The number of hydrogen-bond donors (Lipinski definition) is 2. The van der Waals surface area contributed by atoms with Crippen molar-refractivity contribution in [2.45, 2.75) is 56.9 Å². The van der Waals surface area contributed by atoms with Crippen LogP contribution in [-0.2, 0) is 0 Å². The lowest BCUT2D eigenvalue weighted by atomic mass is 9.53. The molecule has 1 saturated heterocycles. The Morgan fingerprint density at radius 3 is 2.14 bits per heavy atom. The topological polar surface area (TPSA) is 27.3 Å². The summed E-state index contributed by atoms with van der Waals surface area (Å²) in [6, 6.07) is 0. The van der Waals surface area contributed by atoms with Gasteiger partial charge in [0.15, 0.2) is 5.11 Å². The van der Waals surface area contributed by atoms with Crippen molar-refractivity contribution in [3.8, 4) is 0 Å². The first-order chi connectivity index (χ1) is 10.2. The van der Waals surface area contributed by atoms with E-state index in [0.29, 0.717) is 5.54 Å². The summed E-state index contributed by atoms with van der Waals surface area (Å²) in [4.78, 5) is 2.54. The zero-order chi connectivity index (χ0) is 14.3. The molecule has 4 heteroatoms. The van der Waals surface area contributed by atoms with Crippen LogP contribution >= 0.6 is 12.2 Å². The van der Waals surface area contributed by atoms with Crippen LogP contribution in [0.4, 0.5) is 0 Å². The summed E-state index contributed by atoms with van der Waals surface area (Å²) in [5, 5.41) is 8.13. The first kappa shape index (κ1) is 14.3. The largest absolute Gasteiger partial charge is 0.361 e. The molecule has 0 spiro atoms. The van der Waals surface area contributed by atoms with E-state index in [1.165, 1.54) is 64.5 Å². The van der Waals surface area contributed by atoms with Crippen LogP contribution in [0.15, 0.2) is 0 Å². The quantitative estimate of drug-likeness (QED) is 0.781. The minimum absolute atomic E-state index is 0.354. The number of thiocarbonyl (C=S) groups is 1. The molecule has 1 heterocycles. The van der Waals surface area contributed by atoms with Crippen molar-refractivity contribution < 1.29 is 0 Å². The Morgan fingerprint density at radius 2 is 1.57 bits per heavy atom. The van der Waals surface area contributed by atoms with Gasteiger partial charge >= 0.3 is 0 Å². The summed E-state index contributed by atoms with van der Waals surface area (Å²) < 4.78 is 0. The highest BCUT2D eigenvalue weighted by Crippen LogP contribution is 2.55. The third-order valence-corrected chi connectivity index (χ3v) is 6.58. The molecule has 0 atom stereocenters. The van der Waals surface area contributed by atoms with E-state index in [1.807, 2.05) is 0 Å². The predicted octanol–water partition coefficient (Wildman–Crippen LogP) is 2.52. The summed E-state index contributed by atoms with van der Waals surface area (Å²) in [6.07, 6.45) is 11.3. The van der Waals surface area contributed by atoms with Gasteiger partial charge in [-0.15, -0.1) is 0 Å². The fourth-order valence-corrected chi connectivity index (χ4v) is 6.20. The Kier molecular flexibility index (Phi) is 3.86. The first-order valence-electron chi connectivity index (χ1n) is 8.99. The lowest BCUT2D eigenvalue weighted by molar-refractivity contribution is -0.0101. The van der Waals surface area contributed by atoms with Crippen molar-refractivity contribution in [2.75, 3.05) is 26.2 Å². The molecule has 2 N–H and O–H groups in total. The average Bonchev–Trinajstić information content (AvgIpc) is 2.89. The maximum atomic E-state index is 5.59. The molecule has 3 nitrogen and oxygen atoms in total. The van der Waals surface area contributed by atoms with Crippen LogP contribution in [0.1, 0.15) is 51.4 Å². The molecule has 0 radical (unpaired) electrons. The van der Waals surface area contributed by atoms with Crippen molar-refractivity contribution in [3.63, 3.8) is 0 Å². The van der Waals surface area contributed by atoms with Gasteiger partial charge in [0.05, 0.1) is 0 Å². The molecule has 0 aromatic heterocycles. The molecule has 0 aromatic rings. The monoisotopic (exact) mass is 307 g/mol. The molecule has 5 fully saturated rings. The van der Waals surface area contributed by atoms with E-state index in [-0.39, 0.29) is 0 Å². The van der Waals surface area contributed by atoms with E-state index in [4.69, 9.17) is 12.2 Å². The zero-order valence-electron chi connectivity index (χ0n) is 13.1. The van der Waals surface area contributed by atoms with Crippen LogP contribution < -0.4 is 10.6 Å².